The number of carbonyl (C=O) groups excluding carboxylic acids is 1. The normalized spacial score (nSPS) is 16.3. The molecule has 1 amide bonds. The van der Waals surface area contributed by atoms with Gasteiger partial charge < -0.3 is 10.2 Å². The van der Waals surface area contributed by atoms with Gasteiger partial charge in [0.1, 0.15) is 0 Å². The highest BCUT2D eigenvalue weighted by Gasteiger charge is 2.15. The van der Waals surface area contributed by atoms with Crippen LogP contribution in [-0.4, -0.2) is 24.0 Å². The van der Waals surface area contributed by atoms with Gasteiger partial charge in [0, 0.05) is 19.3 Å². The third kappa shape index (κ3) is 4.13. The van der Waals surface area contributed by atoms with Crippen LogP contribution >= 0.6 is 0 Å². The number of hydrogen-bond donors (Lipinski definition) is 1. The van der Waals surface area contributed by atoms with Crippen molar-refractivity contribution in [2.24, 2.45) is 0 Å². The summed E-state index contributed by atoms with van der Waals surface area (Å²) in [6.45, 7) is 4.10. The third-order valence-corrected chi connectivity index (χ3v) is 4.60. The molecule has 2 heterocycles. The number of pyridine rings is 1. The van der Waals surface area contributed by atoms with E-state index in [0.717, 1.165) is 24.3 Å². The molecule has 126 valence electrons. The average Bonchev–Trinajstić information content (AvgIpc) is 2.92. The maximum atomic E-state index is 12.6. The van der Waals surface area contributed by atoms with E-state index >= 15 is 0 Å². The highest BCUT2D eigenvalue weighted by atomic mass is 16.1. The number of amides is 1. The lowest BCUT2D eigenvalue weighted by Gasteiger charge is -2.22. The van der Waals surface area contributed by atoms with Crippen LogP contribution in [0.15, 0.2) is 48.8 Å². The highest BCUT2D eigenvalue weighted by molar-refractivity contribution is 5.95. The standard InChI is InChI=1S/C20H25N3O/c1-16(17-9-5-4-6-10-17)22-20(24)18-13-19(15-21-14-18)23-11-7-2-3-8-12-23/h4-6,9-10,13-16H,2-3,7-8,11-12H2,1H3,(H,22,24). The minimum Gasteiger partial charge on any atom is -0.370 e. The quantitative estimate of drug-likeness (QED) is 0.926. The molecule has 1 aromatic carbocycles. The molecule has 1 unspecified atom stereocenters. The Balaban J connectivity index is 1.70. The third-order valence-electron chi connectivity index (χ3n) is 4.60. The summed E-state index contributed by atoms with van der Waals surface area (Å²) in [6, 6.07) is 11.9. The van der Waals surface area contributed by atoms with Crippen LogP contribution in [0, 0.1) is 0 Å². The molecule has 0 spiro atoms. The van der Waals surface area contributed by atoms with Gasteiger partial charge in [0.2, 0.25) is 0 Å². The van der Waals surface area contributed by atoms with Crippen molar-refractivity contribution in [1.29, 1.82) is 0 Å². The van der Waals surface area contributed by atoms with Crippen molar-refractivity contribution in [2.45, 2.75) is 38.6 Å². The van der Waals surface area contributed by atoms with Crippen molar-refractivity contribution in [2.75, 3.05) is 18.0 Å². The summed E-state index contributed by atoms with van der Waals surface area (Å²) >= 11 is 0. The molecule has 1 aromatic heterocycles. The zero-order valence-corrected chi connectivity index (χ0v) is 14.2. The number of nitrogens with zero attached hydrogens (tertiary/aromatic N) is 2. The molecule has 0 saturated carbocycles. The Bertz CT molecular complexity index is 664. The molecule has 1 fully saturated rings. The number of hydrogen-bond acceptors (Lipinski definition) is 3. The second-order valence-corrected chi connectivity index (χ2v) is 6.44. The van der Waals surface area contributed by atoms with Gasteiger partial charge in [0.05, 0.1) is 23.5 Å². The lowest BCUT2D eigenvalue weighted by atomic mass is 10.1. The summed E-state index contributed by atoms with van der Waals surface area (Å²) < 4.78 is 0. The summed E-state index contributed by atoms with van der Waals surface area (Å²) in [4.78, 5) is 19.2. The van der Waals surface area contributed by atoms with Gasteiger partial charge in [-0.25, -0.2) is 0 Å². The van der Waals surface area contributed by atoms with E-state index in [1.807, 2.05) is 49.5 Å². The Morgan fingerprint density at radius 3 is 2.50 bits per heavy atom. The molecule has 2 aromatic rings. The lowest BCUT2D eigenvalue weighted by Crippen LogP contribution is -2.28. The second kappa shape index (κ2) is 7.95. The number of benzene rings is 1. The SMILES string of the molecule is CC(NC(=O)c1cncc(N2CCCCCC2)c1)c1ccccc1. The van der Waals surface area contributed by atoms with E-state index in [9.17, 15) is 4.79 Å². The van der Waals surface area contributed by atoms with E-state index < -0.39 is 0 Å². The Morgan fingerprint density at radius 2 is 1.79 bits per heavy atom. The van der Waals surface area contributed by atoms with Crippen LogP contribution in [0.1, 0.15) is 54.6 Å². The molecule has 1 atom stereocenters. The van der Waals surface area contributed by atoms with Crippen molar-refractivity contribution < 1.29 is 4.79 Å². The fourth-order valence-corrected chi connectivity index (χ4v) is 3.16. The highest BCUT2D eigenvalue weighted by Crippen LogP contribution is 2.20. The molecule has 1 aliphatic rings. The van der Waals surface area contributed by atoms with Crippen LogP contribution in [-0.2, 0) is 0 Å². The van der Waals surface area contributed by atoms with Gasteiger partial charge in [-0.1, -0.05) is 43.2 Å². The first-order valence-corrected chi connectivity index (χ1v) is 8.80. The maximum Gasteiger partial charge on any atom is 0.253 e. The summed E-state index contributed by atoms with van der Waals surface area (Å²) in [7, 11) is 0. The number of anilines is 1. The average molecular weight is 323 g/mol. The van der Waals surface area contributed by atoms with Crippen molar-refractivity contribution in [3.8, 4) is 0 Å². The molecule has 0 aliphatic carbocycles. The van der Waals surface area contributed by atoms with Gasteiger partial charge >= 0.3 is 0 Å². The number of rotatable bonds is 4. The topological polar surface area (TPSA) is 45.2 Å². The number of carbonyl (C=O) groups is 1. The van der Waals surface area contributed by atoms with Gasteiger partial charge in [0.25, 0.3) is 5.91 Å². The Kier molecular flexibility index (Phi) is 5.47. The summed E-state index contributed by atoms with van der Waals surface area (Å²) in [5, 5.41) is 3.06. The largest absolute Gasteiger partial charge is 0.370 e. The molecule has 1 saturated heterocycles. The van der Waals surface area contributed by atoms with Crippen LogP contribution in [0.25, 0.3) is 0 Å². The Labute approximate surface area is 143 Å². The zero-order valence-electron chi connectivity index (χ0n) is 14.2. The predicted octanol–water partition coefficient (Wildman–Crippen LogP) is 3.95. The van der Waals surface area contributed by atoms with E-state index in [4.69, 9.17) is 0 Å². The molecule has 4 heteroatoms. The summed E-state index contributed by atoms with van der Waals surface area (Å²) in [6.07, 6.45) is 8.51. The van der Waals surface area contributed by atoms with Gasteiger partial charge in [-0.15, -0.1) is 0 Å². The predicted molar refractivity (Wildman–Crippen MR) is 97.2 cm³/mol. The fourth-order valence-electron chi connectivity index (χ4n) is 3.16. The van der Waals surface area contributed by atoms with Crippen LogP contribution < -0.4 is 10.2 Å². The van der Waals surface area contributed by atoms with Crippen LogP contribution in [0.2, 0.25) is 0 Å². The first-order chi connectivity index (χ1) is 11.7. The molecule has 4 nitrogen and oxygen atoms in total. The van der Waals surface area contributed by atoms with E-state index in [-0.39, 0.29) is 11.9 Å². The minimum absolute atomic E-state index is 0.0273. The summed E-state index contributed by atoms with van der Waals surface area (Å²) in [5.74, 6) is -0.0736. The second-order valence-electron chi connectivity index (χ2n) is 6.44. The molecule has 24 heavy (non-hydrogen) atoms. The number of nitrogens with one attached hydrogen (secondary N) is 1. The van der Waals surface area contributed by atoms with Crippen molar-refractivity contribution in [1.82, 2.24) is 10.3 Å². The van der Waals surface area contributed by atoms with E-state index in [2.05, 4.69) is 15.2 Å². The van der Waals surface area contributed by atoms with E-state index in [1.165, 1.54) is 25.7 Å². The molecular formula is C20H25N3O. The van der Waals surface area contributed by atoms with Crippen molar-refractivity contribution in [3.05, 3.63) is 59.9 Å². The molecule has 0 bridgehead atoms. The van der Waals surface area contributed by atoms with Crippen LogP contribution in [0.5, 0.6) is 0 Å². The van der Waals surface area contributed by atoms with E-state index in [1.54, 1.807) is 6.20 Å². The molecular weight excluding hydrogens is 298 g/mol. The molecule has 1 N–H and O–H groups in total. The van der Waals surface area contributed by atoms with Crippen molar-refractivity contribution in [3.63, 3.8) is 0 Å². The van der Waals surface area contributed by atoms with Gasteiger partial charge in [0.15, 0.2) is 0 Å². The monoisotopic (exact) mass is 323 g/mol. The smallest absolute Gasteiger partial charge is 0.253 e. The summed E-state index contributed by atoms with van der Waals surface area (Å²) in [5.41, 5.74) is 2.78. The molecule has 3 rings (SSSR count). The molecule has 0 radical (unpaired) electrons. The molecule has 1 aliphatic heterocycles. The minimum atomic E-state index is -0.0736. The van der Waals surface area contributed by atoms with Gasteiger partial charge in [-0.2, -0.15) is 0 Å². The van der Waals surface area contributed by atoms with Crippen LogP contribution in [0.3, 0.4) is 0 Å². The first kappa shape index (κ1) is 16.5. The first-order valence-electron chi connectivity index (χ1n) is 8.80. The van der Waals surface area contributed by atoms with Gasteiger partial charge in [-0.05, 0) is 31.4 Å². The Morgan fingerprint density at radius 1 is 1.08 bits per heavy atom. The number of aromatic nitrogens is 1. The van der Waals surface area contributed by atoms with Crippen LogP contribution in [0.4, 0.5) is 5.69 Å². The fraction of sp³-hybridized carbons (Fsp3) is 0.400. The lowest BCUT2D eigenvalue weighted by molar-refractivity contribution is 0.0939. The zero-order chi connectivity index (χ0) is 16.8. The Hall–Kier alpha value is -2.36. The van der Waals surface area contributed by atoms with Crippen molar-refractivity contribution >= 4 is 11.6 Å². The van der Waals surface area contributed by atoms with E-state index in [0.29, 0.717) is 5.56 Å². The van der Waals surface area contributed by atoms with Gasteiger partial charge in [-0.3, -0.25) is 9.78 Å². The maximum absolute atomic E-state index is 12.6.